The predicted molar refractivity (Wildman–Crippen MR) is 73.9 cm³/mol. The summed E-state index contributed by atoms with van der Waals surface area (Å²) in [5.74, 6) is -1.10. The Balaban J connectivity index is 2.81. The first-order valence-electron chi connectivity index (χ1n) is 6.29. The highest BCUT2D eigenvalue weighted by atomic mass is 16.6. The van der Waals surface area contributed by atoms with Crippen molar-refractivity contribution in [2.24, 2.45) is 0 Å². The van der Waals surface area contributed by atoms with E-state index in [2.05, 4.69) is 4.98 Å². The Kier molecular flexibility index (Phi) is 6.01. The van der Waals surface area contributed by atoms with Gasteiger partial charge in [-0.15, -0.1) is 0 Å². The minimum Gasteiger partial charge on any atom is -0.497 e. The lowest BCUT2D eigenvalue weighted by Gasteiger charge is -2.11. The summed E-state index contributed by atoms with van der Waals surface area (Å²) in [6.45, 7) is 3.37. The van der Waals surface area contributed by atoms with Crippen LogP contribution in [-0.4, -0.2) is 24.8 Å². The molecule has 0 saturated heterocycles. The summed E-state index contributed by atoms with van der Waals surface area (Å²) in [5.41, 5.74) is 0.0366. The van der Waals surface area contributed by atoms with Gasteiger partial charge in [0.2, 0.25) is 5.39 Å². The number of benzene rings is 1. The molecule has 1 atom stereocenters. The second-order valence-corrected chi connectivity index (χ2v) is 4.01. The zero-order valence-electron chi connectivity index (χ0n) is 12.1. The van der Waals surface area contributed by atoms with Crippen LogP contribution < -0.4 is 4.74 Å². The Hall–Kier alpha value is -2.75. The Morgan fingerprint density at radius 1 is 1.38 bits per heavy atom. The molecule has 0 fully saturated rings. The second kappa shape index (κ2) is 7.75. The van der Waals surface area contributed by atoms with Gasteiger partial charge < -0.3 is 19.3 Å². The van der Waals surface area contributed by atoms with Crippen LogP contribution in [0.2, 0.25) is 0 Å². The van der Waals surface area contributed by atoms with Crippen LogP contribution >= 0.6 is 0 Å². The Bertz CT molecular complexity index is 560. The molecule has 21 heavy (non-hydrogen) atoms. The van der Waals surface area contributed by atoms with Crippen molar-refractivity contribution in [3.8, 4) is 5.75 Å². The number of nitrogens with zero attached hydrogens (tertiary/aromatic N) is 2. The van der Waals surface area contributed by atoms with E-state index in [1.165, 1.54) is 0 Å². The van der Waals surface area contributed by atoms with Gasteiger partial charge in [-0.1, -0.05) is 12.1 Å². The van der Waals surface area contributed by atoms with E-state index in [0.29, 0.717) is 5.75 Å². The summed E-state index contributed by atoms with van der Waals surface area (Å²) in [7, 11) is 1.55. The molecule has 7 nitrogen and oxygen atoms in total. The van der Waals surface area contributed by atoms with Gasteiger partial charge in [-0.3, -0.25) is 0 Å². The number of hydrogen-bond acceptors (Lipinski definition) is 6. The van der Waals surface area contributed by atoms with Gasteiger partial charge in [0.05, 0.1) is 13.7 Å². The number of carbonyl (C=O) groups is 1. The first kappa shape index (κ1) is 16.3. The number of aliphatic hydroxyl groups is 1. The molecule has 1 rings (SSSR count). The third-order valence-corrected chi connectivity index (χ3v) is 2.65. The van der Waals surface area contributed by atoms with Crippen LogP contribution in [0.4, 0.5) is 0 Å². The normalized spacial score (nSPS) is 12.7. The van der Waals surface area contributed by atoms with E-state index < -0.39 is 23.7 Å². The standard InChI is InChI=1S/C14H16N2O5/c1-4-20-13(17)12(16-15)14(18)21-9(2)10-5-7-11(19-3)8-6-10/h5-9H,4H2,1-3H3/p+1. The van der Waals surface area contributed by atoms with E-state index >= 15 is 0 Å². The number of carbonyl (C=O) groups excluding carboxylic acids is 1. The molecule has 0 bridgehead atoms. The van der Waals surface area contributed by atoms with Crippen molar-refractivity contribution < 1.29 is 24.1 Å². The Labute approximate surface area is 122 Å². The Morgan fingerprint density at radius 2 is 2.00 bits per heavy atom. The minimum absolute atomic E-state index is 0.117. The van der Waals surface area contributed by atoms with Crippen molar-refractivity contribution in [1.29, 1.82) is 5.39 Å². The number of diazo groups is 1. The number of aliphatic hydroxyl groups excluding tert-OH is 1. The van der Waals surface area contributed by atoms with E-state index in [1.54, 1.807) is 45.2 Å². The maximum atomic E-state index is 11.8. The van der Waals surface area contributed by atoms with E-state index in [0.717, 1.165) is 5.56 Å². The molecule has 0 saturated carbocycles. The number of ether oxygens (including phenoxy) is 3. The summed E-state index contributed by atoms with van der Waals surface area (Å²) in [4.78, 5) is 14.5. The number of rotatable bonds is 6. The van der Waals surface area contributed by atoms with Gasteiger partial charge in [0, 0.05) is 0 Å². The second-order valence-electron chi connectivity index (χ2n) is 4.01. The lowest BCUT2D eigenvalue weighted by atomic mass is 10.1. The molecule has 0 spiro atoms. The molecule has 7 heteroatoms. The maximum absolute atomic E-state index is 11.8. The average molecular weight is 293 g/mol. The van der Waals surface area contributed by atoms with Crippen molar-refractivity contribution >= 4 is 5.97 Å². The first-order valence-corrected chi connectivity index (χ1v) is 6.29. The molecule has 1 aromatic carbocycles. The van der Waals surface area contributed by atoms with E-state index in [9.17, 15) is 9.90 Å². The molecular formula is C14H17N2O5+. The fraction of sp³-hybridized carbons (Fsp3) is 0.357. The minimum atomic E-state index is -0.994. The summed E-state index contributed by atoms with van der Waals surface area (Å²) in [5, 5.41) is 18.2. The molecule has 0 aliphatic rings. The average Bonchev–Trinajstić information content (AvgIpc) is 2.48. The van der Waals surface area contributed by atoms with E-state index in [1.807, 2.05) is 0 Å². The third kappa shape index (κ3) is 4.38. The molecule has 1 N–H and O–H groups in total. The maximum Gasteiger partial charge on any atom is 0.547 e. The van der Waals surface area contributed by atoms with Gasteiger partial charge in [-0.05, 0) is 31.5 Å². The van der Waals surface area contributed by atoms with Crippen LogP contribution in [-0.2, 0) is 14.3 Å². The van der Waals surface area contributed by atoms with E-state index in [-0.39, 0.29) is 6.61 Å². The molecule has 0 aliphatic carbocycles. The summed E-state index contributed by atoms with van der Waals surface area (Å²) in [6.07, 6.45) is -0.602. The lowest BCUT2D eigenvalue weighted by molar-refractivity contribution is -0.144. The predicted octanol–water partition coefficient (Wildman–Crippen LogP) is 2.92. The third-order valence-electron chi connectivity index (χ3n) is 2.65. The zero-order chi connectivity index (χ0) is 15.8. The van der Waals surface area contributed by atoms with Crippen molar-refractivity contribution in [3.63, 3.8) is 0 Å². The van der Waals surface area contributed by atoms with Crippen LogP contribution in [0.1, 0.15) is 25.5 Å². The quantitative estimate of drug-likeness (QED) is 0.375. The number of esters is 1. The zero-order valence-corrected chi connectivity index (χ0v) is 12.1. The number of hydrogen-bond donors (Lipinski definition) is 1. The molecule has 0 radical (unpaired) electrons. The lowest BCUT2D eigenvalue weighted by Crippen LogP contribution is -2.12. The summed E-state index contributed by atoms with van der Waals surface area (Å²) in [6, 6.07) is 6.92. The first-order chi connectivity index (χ1) is 10.0. The summed E-state index contributed by atoms with van der Waals surface area (Å²) < 4.78 is 14.8. The van der Waals surface area contributed by atoms with Crippen LogP contribution in [0.5, 0.6) is 5.75 Å². The number of methoxy groups -OCH3 is 1. The molecule has 0 heterocycles. The van der Waals surface area contributed by atoms with Gasteiger partial charge in [-0.2, -0.15) is 0 Å². The molecule has 112 valence electrons. The fourth-order valence-electron chi connectivity index (χ4n) is 1.54. The van der Waals surface area contributed by atoms with Crippen LogP contribution in [0, 0.1) is 5.39 Å². The molecule has 0 amide bonds. The van der Waals surface area contributed by atoms with E-state index in [4.69, 9.17) is 19.6 Å². The monoisotopic (exact) mass is 293 g/mol. The molecule has 1 aromatic rings. The molecular weight excluding hydrogens is 276 g/mol. The van der Waals surface area contributed by atoms with Crippen LogP contribution in [0.3, 0.4) is 0 Å². The fourth-order valence-corrected chi connectivity index (χ4v) is 1.54. The highest BCUT2D eigenvalue weighted by Gasteiger charge is 2.34. The van der Waals surface area contributed by atoms with Gasteiger partial charge in [0.15, 0.2) is 4.98 Å². The van der Waals surface area contributed by atoms with Crippen molar-refractivity contribution in [3.05, 3.63) is 46.4 Å². The SMILES string of the molecule is CCO/C(O)=C(/[N+]#N)C(=O)OC(C)c1ccc(OC)cc1. The Morgan fingerprint density at radius 3 is 2.48 bits per heavy atom. The molecule has 0 aromatic heterocycles. The molecule has 1 unspecified atom stereocenters. The van der Waals surface area contributed by atoms with Gasteiger partial charge in [0.25, 0.3) is 0 Å². The molecule has 0 aliphatic heterocycles. The van der Waals surface area contributed by atoms with Crippen molar-refractivity contribution in [2.45, 2.75) is 20.0 Å². The van der Waals surface area contributed by atoms with Crippen LogP contribution in [0.15, 0.2) is 35.9 Å². The summed E-state index contributed by atoms with van der Waals surface area (Å²) >= 11 is 0. The van der Waals surface area contributed by atoms with Crippen molar-refractivity contribution in [2.75, 3.05) is 13.7 Å². The van der Waals surface area contributed by atoms with Crippen molar-refractivity contribution in [1.82, 2.24) is 0 Å². The topological polar surface area (TPSA) is 93.1 Å². The largest absolute Gasteiger partial charge is 0.547 e. The van der Waals surface area contributed by atoms with Gasteiger partial charge in [0.1, 0.15) is 11.9 Å². The highest BCUT2D eigenvalue weighted by molar-refractivity contribution is 5.90. The van der Waals surface area contributed by atoms with Gasteiger partial charge >= 0.3 is 17.6 Å². The smallest absolute Gasteiger partial charge is 0.497 e. The van der Waals surface area contributed by atoms with Crippen LogP contribution in [0.25, 0.3) is 4.98 Å². The highest BCUT2D eigenvalue weighted by Crippen LogP contribution is 2.22. The van der Waals surface area contributed by atoms with Gasteiger partial charge in [-0.25, -0.2) is 4.79 Å².